The highest BCUT2D eigenvalue weighted by molar-refractivity contribution is 7.86. The molecule has 1 saturated heterocycles. The molecule has 18 heavy (non-hydrogen) atoms. The van der Waals surface area contributed by atoms with Gasteiger partial charge < -0.3 is 10.5 Å². The van der Waals surface area contributed by atoms with Gasteiger partial charge in [0.2, 0.25) is 0 Å². The molecule has 100 valence electrons. The standard InChI is InChI=1S/C11H17N3O3S/c1-17-9-4-2-3-8(5-9)10-6-14(7-11(10)12)18(13,15)16/h2-5,10-11H,6-7,12H2,1H3,(H2,13,15,16)/t10-,11+/m1/s1. The normalized spacial score (nSPS) is 25.3. The van der Waals surface area contributed by atoms with E-state index < -0.39 is 10.2 Å². The van der Waals surface area contributed by atoms with Crippen LogP contribution in [0.4, 0.5) is 0 Å². The molecule has 6 nitrogen and oxygen atoms in total. The Morgan fingerprint density at radius 1 is 1.39 bits per heavy atom. The fourth-order valence-electron chi connectivity index (χ4n) is 2.22. The van der Waals surface area contributed by atoms with Gasteiger partial charge in [-0.1, -0.05) is 12.1 Å². The summed E-state index contributed by atoms with van der Waals surface area (Å²) in [5.41, 5.74) is 6.95. The molecule has 0 bridgehead atoms. The minimum absolute atomic E-state index is 0.0570. The molecule has 0 unspecified atom stereocenters. The summed E-state index contributed by atoms with van der Waals surface area (Å²) in [6.07, 6.45) is 0. The zero-order valence-corrected chi connectivity index (χ0v) is 10.9. The zero-order valence-electron chi connectivity index (χ0n) is 10.1. The largest absolute Gasteiger partial charge is 0.497 e. The van der Waals surface area contributed by atoms with Crippen LogP contribution in [0.5, 0.6) is 5.75 Å². The van der Waals surface area contributed by atoms with Crippen molar-refractivity contribution in [3.05, 3.63) is 29.8 Å². The van der Waals surface area contributed by atoms with Crippen LogP contribution in [0.25, 0.3) is 0 Å². The Balaban J connectivity index is 2.24. The number of benzene rings is 1. The smallest absolute Gasteiger partial charge is 0.276 e. The highest BCUT2D eigenvalue weighted by atomic mass is 32.2. The lowest BCUT2D eigenvalue weighted by Crippen LogP contribution is -2.36. The van der Waals surface area contributed by atoms with Gasteiger partial charge in [-0.05, 0) is 17.7 Å². The van der Waals surface area contributed by atoms with Gasteiger partial charge in [-0.25, -0.2) is 5.14 Å². The summed E-state index contributed by atoms with van der Waals surface area (Å²) in [6.45, 7) is 0.563. The number of methoxy groups -OCH3 is 1. The fourth-order valence-corrected chi connectivity index (χ4v) is 2.97. The number of hydrogen-bond donors (Lipinski definition) is 2. The van der Waals surface area contributed by atoms with Crippen LogP contribution in [0.1, 0.15) is 11.5 Å². The van der Waals surface area contributed by atoms with Crippen molar-refractivity contribution in [1.82, 2.24) is 4.31 Å². The Hall–Kier alpha value is -1.15. The lowest BCUT2D eigenvalue weighted by molar-refractivity contribution is 0.413. The maximum absolute atomic E-state index is 11.3. The van der Waals surface area contributed by atoms with Gasteiger partial charge in [0.1, 0.15) is 5.75 Å². The van der Waals surface area contributed by atoms with E-state index in [0.29, 0.717) is 6.54 Å². The molecule has 1 fully saturated rings. The van der Waals surface area contributed by atoms with E-state index in [0.717, 1.165) is 11.3 Å². The minimum Gasteiger partial charge on any atom is -0.497 e. The third-order valence-corrected chi connectivity index (χ3v) is 4.23. The van der Waals surface area contributed by atoms with Gasteiger partial charge in [0.25, 0.3) is 10.2 Å². The topological polar surface area (TPSA) is 98.6 Å². The first-order valence-corrected chi connectivity index (χ1v) is 7.09. The molecule has 1 aliphatic rings. The van der Waals surface area contributed by atoms with Gasteiger partial charge in [0.15, 0.2) is 0 Å². The molecule has 1 heterocycles. The summed E-state index contributed by atoms with van der Waals surface area (Å²) in [5, 5.41) is 5.12. The number of hydrogen-bond acceptors (Lipinski definition) is 4. The van der Waals surface area contributed by atoms with Crippen molar-refractivity contribution in [2.45, 2.75) is 12.0 Å². The molecule has 0 aromatic heterocycles. The second kappa shape index (κ2) is 4.85. The molecule has 0 spiro atoms. The second-order valence-electron chi connectivity index (χ2n) is 4.41. The maximum Gasteiger partial charge on any atom is 0.276 e. The van der Waals surface area contributed by atoms with Crippen molar-refractivity contribution >= 4 is 10.2 Å². The van der Waals surface area contributed by atoms with E-state index in [9.17, 15) is 8.42 Å². The molecule has 7 heteroatoms. The maximum atomic E-state index is 11.3. The molecular weight excluding hydrogens is 254 g/mol. The number of nitrogens with two attached hydrogens (primary N) is 2. The average molecular weight is 271 g/mol. The SMILES string of the molecule is COc1cccc([C@H]2CN(S(N)(=O)=O)C[C@@H]2N)c1. The predicted molar refractivity (Wildman–Crippen MR) is 68.4 cm³/mol. The van der Waals surface area contributed by atoms with Crippen LogP contribution < -0.4 is 15.6 Å². The summed E-state index contributed by atoms with van der Waals surface area (Å²) in [6, 6.07) is 7.23. The number of rotatable bonds is 3. The van der Waals surface area contributed by atoms with Gasteiger partial charge in [-0.3, -0.25) is 0 Å². The van der Waals surface area contributed by atoms with Crippen LogP contribution in [-0.4, -0.2) is 39.0 Å². The Kier molecular flexibility index (Phi) is 3.58. The van der Waals surface area contributed by atoms with Gasteiger partial charge in [-0.2, -0.15) is 12.7 Å². The summed E-state index contributed by atoms with van der Waals surface area (Å²) in [5.74, 6) is 0.673. The third-order valence-electron chi connectivity index (χ3n) is 3.21. The highest BCUT2D eigenvalue weighted by Gasteiger charge is 2.36. The first-order valence-electron chi connectivity index (χ1n) is 5.59. The molecule has 0 amide bonds. The van der Waals surface area contributed by atoms with E-state index in [1.807, 2.05) is 24.3 Å². The second-order valence-corrected chi connectivity index (χ2v) is 5.96. The third kappa shape index (κ3) is 2.64. The highest BCUT2D eigenvalue weighted by Crippen LogP contribution is 2.29. The van der Waals surface area contributed by atoms with Crippen LogP contribution >= 0.6 is 0 Å². The average Bonchev–Trinajstić information content (AvgIpc) is 2.71. The van der Waals surface area contributed by atoms with E-state index in [-0.39, 0.29) is 18.5 Å². The van der Waals surface area contributed by atoms with Crippen molar-refractivity contribution in [3.8, 4) is 5.75 Å². The van der Waals surface area contributed by atoms with Gasteiger partial charge in [-0.15, -0.1) is 0 Å². The van der Waals surface area contributed by atoms with E-state index in [4.69, 9.17) is 15.6 Å². The van der Waals surface area contributed by atoms with Crippen LogP contribution in [0.15, 0.2) is 24.3 Å². The van der Waals surface area contributed by atoms with E-state index >= 15 is 0 Å². The van der Waals surface area contributed by atoms with Crippen molar-refractivity contribution in [2.24, 2.45) is 10.9 Å². The van der Waals surface area contributed by atoms with Crippen molar-refractivity contribution < 1.29 is 13.2 Å². The molecule has 0 aliphatic carbocycles. The van der Waals surface area contributed by atoms with Crippen molar-refractivity contribution in [2.75, 3.05) is 20.2 Å². The fraction of sp³-hybridized carbons (Fsp3) is 0.455. The van der Waals surface area contributed by atoms with Crippen LogP contribution in [-0.2, 0) is 10.2 Å². The van der Waals surface area contributed by atoms with E-state index in [1.54, 1.807) is 7.11 Å². The Bertz CT molecular complexity index is 532. The summed E-state index contributed by atoms with van der Waals surface area (Å²) in [4.78, 5) is 0. The molecule has 2 rings (SSSR count). The van der Waals surface area contributed by atoms with Crippen molar-refractivity contribution in [1.29, 1.82) is 0 Å². The molecule has 4 N–H and O–H groups in total. The molecule has 1 aliphatic heterocycles. The summed E-state index contributed by atoms with van der Waals surface area (Å²) >= 11 is 0. The van der Waals surface area contributed by atoms with E-state index in [1.165, 1.54) is 4.31 Å². The van der Waals surface area contributed by atoms with Crippen LogP contribution in [0.2, 0.25) is 0 Å². The summed E-state index contributed by atoms with van der Waals surface area (Å²) in [7, 11) is -2.08. The monoisotopic (exact) mass is 271 g/mol. The van der Waals surface area contributed by atoms with Crippen molar-refractivity contribution in [3.63, 3.8) is 0 Å². The molecule has 2 atom stereocenters. The number of ether oxygens (including phenoxy) is 1. The molecule has 0 saturated carbocycles. The van der Waals surface area contributed by atoms with Crippen LogP contribution in [0, 0.1) is 0 Å². The Morgan fingerprint density at radius 3 is 2.67 bits per heavy atom. The molecular formula is C11H17N3O3S. The predicted octanol–water partition coefficient (Wildman–Crippen LogP) is -0.375. The van der Waals surface area contributed by atoms with E-state index in [2.05, 4.69) is 0 Å². The quantitative estimate of drug-likeness (QED) is 0.783. The first-order chi connectivity index (χ1) is 8.41. The van der Waals surface area contributed by atoms with Gasteiger partial charge >= 0.3 is 0 Å². The lowest BCUT2D eigenvalue weighted by Gasteiger charge is -2.15. The van der Waals surface area contributed by atoms with Gasteiger partial charge in [0, 0.05) is 25.0 Å². The summed E-state index contributed by atoms with van der Waals surface area (Å²) < 4.78 is 29.0. The minimum atomic E-state index is -3.67. The molecule has 1 aromatic carbocycles. The first kappa shape index (κ1) is 13.3. The molecule has 0 radical (unpaired) electrons. The lowest BCUT2D eigenvalue weighted by atomic mass is 9.95. The zero-order chi connectivity index (χ0) is 13.3. The van der Waals surface area contributed by atoms with Gasteiger partial charge in [0.05, 0.1) is 7.11 Å². The Morgan fingerprint density at radius 2 is 2.11 bits per heavy atom. The Labute approximate surface area is 107 Å². The molecule has 1 aromatic rings. The van der Waals surface area contributed by atoms with Crippen LogP contribution in [0.3, 0.4) is 0 Å². The number of nitrogens with zero attached hydrogens (tertiary/aromatic N) is 1.